The van der Waals surface area contributed by atoms with Gasteiger partial charge in [0.2, 0.25) is 0 Å². The summed E-state index contributed by atoms with van der Waals surface area (Å²) in [4.78, 5) is 53.2. The number of hydrogen-bond donors (Lipinski definition) is 2. The molecule has 10 aliphatic rings. The van der Waals surface area contributed by atoms with Crippen LogP contribution in [0.5, 0.6) is 0 Å². The Morgan fingerprint density at radius 1 is 0.611 bits per heavy atom. The molecule has 0 radical (unpaired) electrons. The molecule has 54 heavy (non-hydrogen) atoms. The Hall–Kier alpha value is -2.28. The van der Waals surface area contributed by atoms with Gasteiger partial charge in [0.1, 0.15) is 11.2 Å². The summed E-state index contributed by atoms with van der Waals surface area (Å²) in [6.07, 6.45) is 8.69. The van der Waals surface area contributed by atoms with Gasteiger partial charge in [0, 0.05) is 33.5 Å². The van der Waals surface area contributed by atoms with E-state index >= 15 is 8.78 Å². The standard InChI is InChI=1S/C42H48F2O8S2/c1-33-13-11-23(45)15-21(33)7-9-25-27-17-37(5)41(31(49)51-37,35(27,3)19-29(47)39(25,33)43)53-54-42-32(50)52-38(42,6)18-28-26-10-8-22-16-24(46)12-14-34(22,2)40(26,44)30(48)20-36(28,42)4/h11-16,25-30,47-48H,7-10,17-20H2,1-6H3/t25-,26-,27-,28-,29-,30-,33-,34-,35-,36-,37+,38+,39-,40-,41+,42+/m0/s1. The van der Waals surface area contributed by atoms with Crippen LogP contribution in [0, 0.1) is 45.3 Å². The highest BCUT2D eigenvalue weighted by Crippen LogP contribution is 2.83. The van der Waals surface area contributed by atoms with Gasteiger partial charge in [-0.2, -0.15) is 0 Å². The fourth-order valence-corrected chi connectivity index (χ4v) is 20.4. The first-order valence-corrected chi connectivity index (χ1v) is 21.7. The quantitative estimate of drug-likeness (QED) is 0.244. The SMILES string of the molecule is C[C@@]12C[C@H]3[C@@H]4CCC5=CC(=O)C=C[C@]5(C)[C@@]4(F)[C@@H](O)C[C@]3(C)[C@]1(SS[C@@]13C(=O)O[C@]1(C)C[C@H]1[C@@H]4CCC5=CC(=O)C=C[C@]5(C)[C@@]4(F)[C@@H](O)C[C@@]13C)C(=O)O2. The first-order chi connectivity index (χ1) is 25.1. The number of allylic oxidation sites excluding steroid dienone is 8. The van der Waals surface area contributed by atoms with Gasteiger partial charge < -0.3 is 19.7 Å². The summed E-state index contributed by atoms with van der Waals surface area (Å²) in [6, 6.07) is 0. The van der Waals surface area contributed by atoms with Gasteiger partial charge in [0.05, 0.1) is 12.2 Å². The van der Waals surface area contributed by atoms with Crippen LogP contribution in [-0.2, 0) is 28.7 Å². The van der Waals surface area contributed by atoms with Gasteiger partial charge in [0.15, 0.2) is 32.4 Å². The molecule has 2 heterocycles. The van der Waals surface area contributed by atoms with Crippen molar-refractivity contribution < 1.29 is 47.6 Å². The minimum absolute atomic E-state index is 0.0161. The van der Waals surface area contributed by atoms with Crippen molar-refractivity contribution in [3.8, 4) is 0 Å². The van der Waals surface area contributed by atoms with E-state index in [0.717, 1.165) is 0 Å². The molecule has 0 unspecified atom stereocenters. The van der Waals surface area contributed by atoms with Gasteiger partial charge in [0.25, 0.3) is 0 Å². The predicted molar refractivity (Wildman–Crippen MR) is 197 cm³/mol. The molecule has 0 aromatic carbocycles. The smallest absolute Gasteiger partial charge is 0.328 e. The van der Waals surface area contributed by atoms with Gasteiger partial charge in [-0.05, 0) is 115 Å². The number of alkyl halides is 2. The molecule has 8 aliphatic carbocycles. The summed E-state index contributed by atoms with van der Waals surface area (Å²) in [7, 11) is 2.59. The van der Waals surface area contributed by atoms with Crippen LogP contribution in [0.25, 0.3) is 0 Å². The second-order valence-corrected chi connectivity index (χ2v) is 22.3. The first-order valence-electron chi connectivity index (χ1n) is 19.5. The third kappa shape index (κ3) is 3.39. The largest absolute Gasteiger partial charge is 0.456 e. The van der Waals surface area contributed by atoms with Crippen LogP contribution >= 0.6 is 21.6 Å². The number of rotatable bonds is 3. The second kappa shape index (κ2) is 10.0. The van der Waals surface area contributed by atoms with Crippen LogP contribution in [0.3, 0.4) is 0 Å². The maximum Gasteiger partial charge on any atom is 0.328 e. The number of fused-ring (bicyclic) bond motifs is 14. The van der Waals surface area contributed by atoms with E-state index in [1.165, 1.54) is 45.9 Å². The molecule has 2 aliphatic heterocycles. The van der Waals surface area contributed by atoms with Crippen molar-refractivity contribution in [1.29, 1.82) is 0 Å². The van der Waals surface area contributed by atoms with Crippen molar-refractivity contribution in [2.45, 2.75) is 137 Å². The topological polar surface area (TPSA) is 127 Å². The summed E-state index contributed by atoms with van der Waals surface area (Å²) >= 11 is 0. The third-order valence-electron chi connectivity index (χ3n) is 17.9. The number of hydrogen-bond acceptors (Lipinski definition) is 10. The lowest BCUT2D eigenvalue weighted by Crippen LogP contribution is -2.76. The maximum atomic E-state index is 18.0. The summed E-state index contributed by atoms with van der Waals surface area (Å²) in [6.45, 7) is 11.3. The monoisotopic (exact) mass is 782 g/mol. The van der Waals surface area contributed by atoms with Crippen LogP contribution in [0.2, 0.25) is 0 Å². The number of aliphatic hydroxyl groups excluding tert-OH is 2. The summed E-state index contributed by atoms with van der Waals surface area (Å²) in [5.74, 6) is -3.24. The average Bonchev–Trinajstić information content (AvgIpc) is 3.34. The molecule has 8 fully saturated rings. The fourth-order valence-electron chi connectivity index (χ4n) is 15.2. The Kier molecular flexibility index (Phi) is 6.71. The normalized spacial score (nSPS) is 58.6. The van der Waals surface area contributed by atoms with Crippen LogP contribution in [0.15, 0.2) is 47.6 Å². The lowest BCUT2D eigenvalue weighted by atomic mass is 9.45. The van der Waals surface area contributed by atoms with Gasteiger partial charge >= 0.3 is 11.9 Å². The van der Waals surface area contributed by atoms with Crippen molar-refractivity contribution in [1.82, 2.24) is 0 Å². The molecule has 10 rings (SSSR count). The first kappa shape index (κ1) is 36.1. The van der Waals surface area contributed by atoms with Crippen LogP contribution in [0.4, 0.5) is 8.78 Å². The molecule has 0 amide bonds. The summed E-state index contributed by atoms with van der Waals surface area (Å²) < 4.78 is 45.6. The van der Waals surface area contributed by atoms with Crippen molar-refractivity contribution in [3.05, 3.63) is 47.6 Å². The number of aliphatic hydroxyl groups is 2. The Morgan fingerprint density at radius 2 is 0.981 bits per heavy atom. The van der Waals surface area contributed by atoms with Crippen LogP contribution in [-0.4, -0.2) is 78.0 Å². The molecular formula is C42H48F2O8S2. The lowest BCUT2D eigenvalue weighted by molar-refractivity contribution is -0.215. The number of carbonyl (C=O) groups is 4. The van der Waals surface area contributed by atoms with E-state index in [4.69, 9.17) is 9.47 Å². The highest BCUT2D eigenvalue weighted by Gasteiger charge is 2.89. The predicted octanol–water partition coefficient (Wildman–Crippen LogP) is 6.44. The van der Waals surface area contributed by atoms with Gasteiger partial charge in [-0.3, -0.25) is 19.2 Å². The summed E-state index contributed by atoms with van der Waals surface area (Å²) in [5.41, 5.74) is -9.05. The van der Waals surface area contributed by atoms with Gasteiger partial charge in [-0.15, -0.1) is 0 Å². The minimum atomic E-state index is -2.08. The molecule has 0 aromatic rings. The molecule has 2 N–H and O–H groups in total. The zero-order chi connectivity index (χ0) is 38.7. The molecule has 12 heteroatoms. The Bertz CT molecular complexity index is 1880. The Balaban J connectivity index is 1.02. The molecule has 16 atom stereocenters. The van der Waals surface area contributed by atoms with Crippen LogP contribution < -0.4 is 0 Å². The zero-order valence-corrected chi connectivity index (χ0v) is 33.1. The molecule has 6 saturated carbocycles. The van der Waals surface area contributed by atoms with Crippen molar-refractivity contribution in [2.24, 2.45) is 45.3 Å². The van der Waals surface area contributed by atoms with E-state index in [9.17, 15) is 29.4 Å². The third-order valence-corrected chi connectivity index (χ3v) is 22.3. The van der Waals surface area contributed by atoms with E-state index in [0.29, 0.717) is 49.7 Å². The van der Waals surface area contributed by atoms with E-state index in [1.807, 2.05) is 27.7 Å². The second-order valence-electron chi connectivity index (χ2n) is 19.7. The highest BCUT2D eigenvalue weighted by molar-refractivity contribution is 8.78. The minimum Gasteiger partial charge on any atom is -0.456 e. The molecule has 8 nitrogen and oxygen atoms in total. The zero-order valence-electron chi connectivity index (χ0n) is 31.5. The maximum absolute atomic E-state index is 18.0. The van der Waals surface area contributed by atoms with Crippen molar-refractivity contribution >= 4 is 45.1 Å². The molecular weight excluding hydrogens is 735 g/mol. The number of esters is 2. The van der Waals surface area contributed by atoms with Gasteiger partial charge in [-0.1, -0.05) is 58.7 Å². The Labute approximate surface area is 321 Å². The molecule has 0 aromatic heterocycles. The van der Waals surface area contributed by atoms with Gasteiger partial charge in [-0.25, -0.2) is 8.78 Å². The molecule has 2 saturated heterocycles. The van der Waals surface area contributed by atoms with E-state index < -0.39 is 89.7 Å². The number of ether oxygens (including phenoxy) is 2. The molecule has 0 bridgehead atoms. The van der Waals surface area contributed by atoms with E-state index in [-0.39, 0.29) is 36.2 Å². The van der Waals surface area contributed by atoms with Crippen molar-refractivity contribution in [2.75, 3.05) is 0 Å². The number of ketones is 2. The highest BCUT2D eigenvalue weighted by atomic mass is 33.1. The van der Waals surface area contributed by atoms with Crippen LogP contribution in [0.1, 0.15) is 92.9 Å². The Morgan fingerprint density at radius 3 is 1.33 bits per heavy atom. The lowest BCUT2D eigenvalue weighted by Gasteiger charge is -2.65. The van der Waals surface area contributed by atoms with E-state index in [1.54, 1.807) is 26.0 Å². The number of carbonyl (C=O) groups excluding carboxylic acids is 4. The average molecular weight is 783 g/mol. The van der Waals surface area contributed by atoms with E-state index in [2.05, 4.69) is 0 Å². The number of halogens is 2. The molecule has 290 valence electrons. The summed E-state index contributed by atoms with van der Waals surface area (Å²) in [5, 5.41) is 24.1. The molecule has 0 spiro atoms. The fraction of sp³-hybridized carbons (Fsp3) is 0.714. The van der Waals surface area contributed by atoms with Crippen molar-refractivity contribution in [3.63, 3.8) is 0 Å².